The molecule has 0 aliphatic rings. The smallest absolute Gasteiger partial charge is 0.0419 e. The Morgan fingerprint density at radius 2 is 2.12 bits per heavy atom. The first-order valence-electron chi connectivity index (χ1n) is 5.96. The van der Waals surface area contributed by atoms with Crippen molar-refractivity contribution < 1.29 is 0 Å². The van der Waals surface area contributed by atoms with E-state index >= 15 is 0 Å². The summed E-state index contributed by atoms with van der Waals surface area (Å²) in [6.45, 7) is 3.17. The van der Waals surface area contributed by atoms with Crippen molar-refractivity contribution in [1.29, 1.82) is 0 Å². The van der Waals surface area contributed by atoms with Crippen LogP contribution in [0.1, 0.15) is 24.6 Å². The van der Waals surface area contributed by atoms with Crippen molar-refractivity contribution in [3.05, 3.63) is 29.6 Å². The molecule has 3 nitrogen and oxygen atoms in total. The van der Waals surface area contributed by atoms with E-state index in [4.69, 9.17) is 5.73 Å². The maximum atomic E-state index is 6.06. The molecule has 2 N–H and O–H groups in total. The van der Waals surface area contributed by atoms with Crippen LogP contribution in [0.5, 0.6) is 0 Å². The molecule has 0 aromatic carbocycles. The highest BCUT2D eigenvalue weighted by Gasteiger charge is 2.05. The lowest BCUT2D eigenvalue weighted by Gasteiger charge is -2.14. The number of hydrogen-bond acceptors (Lipinski definition) is 3. The van der Waals surface area contributed by atoms with Crippen LogP contribution in [0.4, 0.5) is 0 Å². The molecule has 1 atom stereocenters. The number of aromatic nitrogens is 1. The lowest BCUT2D eigenvalue weighted by atomic mass is 10.1. The van der Waals surface area contributed by atoms with Crippen LogP contribution in [-0.2, 0) is 12.8 Å². The van der Waals surface area contributed by atoms with E-state index in [2.05, 4.69) is 43.0 Å². The molecule has 3 heteroatoms. The summed E-state index contributed by atoms with van der Waals surface area (Å²) >= 11 is 0. The van der Waals surface area contributed by atoms with E-state index in [-0.39, 0.29) is 6.04 Å². The Bertz CT molecular complexity index is 293. The third kappa shape index (κ3) is 4.73. The van der Waals surface area contributed by atoms with E-state index in [0.717, 1.165) is 31.5 Å². The number of pyridine rings is 1. The molecule has 0 spiro atoms. The maximum absolute atomic E-state index is 6.06. The first-order valence-corrected chi connectivity index (χ1v) is 5.96. The van der Waals surface area contributed by atoms with Gasteiger partial charge in [-0.15, -0.1) is 0 Å². The Hall–Kier alpha value is -0.930. The summed E-state index contributed by atoms with van der Waals surface area (Å²) in [4.78, 5) is 6.58. The van der Waals surface area contributed by atoms with Gasteiger partial charge in [0.05, 0.1) is 0 Å². The van der Waals surface area contributed by atoms with Crippen LogP contribution in [0.15, 0.2) is 18.3 Å². The molecular weight excluding hydrogens is 198 g/mol. The SMILES string of the molecule is CCc1ccc(CC(N)CCN(C)C)nc1. The highest BCUT2D eigenvalue weighted by Crippen LogP contribution is 2.04. The standard InChI is InChI=1S/C13H23N3/c1-4-11-5-6-13(15-10-11)9-12(14)7-8-16(2)3/h5-6,10,12H,4,7-9,14H2,1-3H3. The second-order valence-corrected chi connectivity index (χ2v) is 4.57. The summed E-state index contributed by atoms with van der Waals surface area (Å²) in [6.07, 6.45) is 4.88. The fraction of sp³-hybridized carbons (Fsp3) is 0.615. The van der Waals surface area contributed by atoms with Crippen molar-refractivity contribution in [3.8, 4) is 0 Å². The van der Waals surface area contributed by atoms with Crippen molar-refractivity contribution >= 4 is 0 Å². The van der Waals surface area contributed by atoms with Gasteiger partial charge < -0.3 is 10.6 Å². The molecule has 1 aromatic rings. The summed E-state index contributed by atoms with van der Waals surface area (Å²) in [5.74, 6) is 0. The van der Waals surface area contributed by atoms with E-state index in [9.17, 15) is 0 Å². The lowest BCUT2D eigenvalue weighted by molar-refractivity contribution is 0.379. The number of nitrogens with zero attached hydrogens (tertiary/aromatic N) is 2. The molecule has 0 bridgehead atoms. The molecule has 0 aliphatic carbocycles. The van der Waals surface area contributed by atoms with Crippen LogP contribution in [0, 0.1) is 0 Å². The lowest BCUT2D eigenvalue weighted by Crippen LogP contribution is -2.28. The molecule has 0 aliphatic heterocycles. The quantitative estimate of drug-likeness (QED) is 0.791. The van der Waals surface area contributed by atoms with Gasteiger partial charge in [0.15, 0.2) is 0 Å². The largest absolute Gasteiger partial charge is 0.327 e. The molecule has 0 amide bonds. The number of rotatable bonds is 6. The minimum Gasteiger partial charge on any atom is -0.327 e. The fourth-order valence-corrected chi connectivity index (χ4v) is 1.58. The average molecular weight is 221 g/mol. The van der Waals surface area contributed by atoms with Crippen LogP contribution in [0.2, 0.25) is 0 Å². The molecule has 90 valence electrons. The van der Waals surface area contributed by atoms with Crippen LogP contribution < -0.4 is 5.73 Å². The molecule has 0 saturated heterocycles. The van der Waals surface area contributed by atoms with Gasteiger partial charge in [0.2, 0.25) is 0 Å². The van der Waals surface area contributed by atoms with Gasteiger partial charge in [-0.2, -0.15) is 0 Å². The summed E-state index contributed by atoms with van der Waals surface area (Å²) in [6, 6.07) is 4.44. The van der Waals surface area contributed by atoms with E-state index in [0.29, 0.717) is 0 Å². The molecule has 1 aromatic heterocycles. The number of hydrogen-bond donors (Lipinski definition) is 1. The molecule has 1 unspecified atom stereocenters. The van der Waals surface area contributed by atoms with Gasteiger partial charge in [-0.1, -0.05) is 13.0 Å². The van der Waals surface area contributed by atoms with E-state index < -0.39 is 0 Å². The number of nitrogens with two attached hydrogens (primary N) is 1. The molecule has 1 rings (SSSR count). The molecule has 0 fully saturated rings. The van der Waals surface area contributed by atoms with Crippen molar-refractivity contribution in [2.75, 3.05) is 20.6 Å². The predicted octanol–water partition coefficient (Wildman–Crippen LogP) is 1.47. The molecular formula is C13H23N3. The minimum absolute atomic E-state index is 0.211. The van der Waals surface area contributed by atoms with Crippen molar-refractivity contribution in [1.82, 2.24) is 9.88 Å². The average Bonchev–Trinajstić information content (AvgIpc) is 2.27. The Balaban J connectivity index is 2.40. The minimum atomic E-state index is 0.211. The third-order valence-electron chi connectivity index (χ3n) is 2.71. The van der Waals surface area contributed by atoms with Gasteiger partial charge in [0.1, 0.15) is 0 Å². The Morgan fingerprint density at radius 1 is 1.38 bits per heavy atom. The van der Waals surface area contributed by atoms with Crippen molar-refractivity contribution in [3.63, 3.8) is 0 Å². The zero-order chi connectivity index (χ0) is 12.0. The van der Waals surface area contributed by atoms with Crippen LogP contribution >= 0.6 is 0 Å². The Kier molecular flexibility index (Phi) is 5.43. The van der Waals surface area contributed by atoms with Crippen LogP contribution in [0.3, 0.4) is 0 Å². The monoisotopic (exact) mass is 221 g/mol. The van der Waals surface area contributed by atoms with Crippen LogP contribution in [0.25, 0.3) is 0 Å². The summed E-state index contributed by atoms with van der Waals surface area (Å²) in [5, 5.41) is 0. The molecule has 0 saturated carbocycles. The normalized spacial score (nSPS) is 13.1. The van der Waals surface area contributed by atoms with E-state index in [1.54, 1.807) is 0 Å². The second kappa shape index (κ2) is 6.61. The Labute approximate surface area is 98.7 Å². The summed E-state index contributed by atoms with van der Waals surface area (Å²) in [7, 11) is 4.14. The predicted molar refractivity (Wildman–Crippen MR) is 68.5 cm³/mol. The van der Waals surface area contributed by atoms with Crippen LogP contribution in [-0.4, -0.2) is 36.6 Å². The second-order valence-electron chi connectivity index (χ2n) is 4.57. The fourth-order valence-electron chi connectivity index (χ4n) is 1.58. The Morgan fingerprint density at radius 3 is 2.62 bits per heavy atom. The van der Waals surface area contributed by atoms with Gasteiger partial charge >= 0.3 is 0 Å². The molecule has 16 heavy (non-hydrogen) atoms. The summed E-state index contributed by atoms with van der Waals surface area (Å²) in [5.41, 5.74) is 8.44. The van der Waals surface area contributed by atoms with Gasteiger partial charge in [0, 0.05) is 24.4 Å². The third-order valence-corrected chi connectivity index (χ3v) is 2.71. The molecule has 1 heterocycles. The highest BCUT2D eigenvalue weighted by atomic mass is 15.0. The van der Waals surface area contributed by atoms with E-state index in [1.807, 2.05) is 6.20 Å². The summed E-state index contributed by atoms with van der Waals surface area (Å²) < 4.78 is 0. The first kappa shape index (κ1) is 13.1. The number of aryl methyl sites for hydroxylation is 1. The van der Waals surface area contributed by atoms with E-state index in [1.165, 1.54) is 5.56 Å². The topological polar surface area (TPSA) is 42.1 Å². The van der Waals surface area contributed by atoms with Gasteiger partial charge in [-0.05, 0) is 45.1 Å². The molecule has 0 radical (unpaired) electrons. The maximum Gasteiger partial charge on any atom is 0.0419 e. The first-order chi connectivity index (χ1) is 7.61. The zero-order valence-corrected chi connectivity index (χ0v) is 10.6. The van der Waals surface area contributed by atoms with Gasteiger partial charge in [0.25, 0.3) is 0 Å². The van der Waals surface area contributed by atoms with Crippen molar-refractivity contribution in [2.45, 2.75) is 32.2 Å². The zero-order valence-electron chi connectivity index (χ0n) is 10.6. The van der Waals surface area contributed by atoms with Gasteiger partial charge in [-0.3, -0.25) is 4.98 Å². The van der Waals surface area contributed by atoms with Crippen molar-refractivity contribution in [2.24, 2.45) is 5.73 Å². The van der Waals surface area contributed by atoms with Gasteiger partial charge in [-0.25, -0.2) is 0 Å². The highest BCUT2D eigenvalue weighted by molar-refractivity contribution is 5.14.